The maximum absolute atomic E-state index is 13.6. The Kier molecular flexibility index (Phi) is 5.78. The van der Waals surface area contributed by atoms with Crippen molar-refractivity contribution in [2.24, 2.45) is 0 Å². The van der Waals surface area contributed by atoms with Crippen LogP contribution in [0.4, 0.5) is 4.79 Å². The van der Waals surface area contributed by atoms with Crippen LogP contribution in [0.15, 0.2) is 24.3 Å². The van der Waals surface area contributed by atoms with Crippen molar-refractivity contribution in [2.75, 3.05) is 32.7 Å². The van der Waals surface area contributed by atoms with Gasteiger partial charge in [0.2, 0.25) is 5.91 Å². The summed E-state index contributed by atoms with van der Waals surface area (Å²) in [5, 5.41) is 0. The molecule has 5 rings (SSSR count). The smallest absolute Gasteiger partial charge is 0.411 e. The zero-order chi connectivity index (χ0) is 22.3. The van der Waals surface area contributed by atoms with Gasteiger partial charge in [0, 0.05) is 45.1 Å². The molecule has 2 atom stereocenters. The van der Waals surface area contributed by atoms with E-state index in [-0.39, 0.29) is 12.0 Å². The van der Waals surface area contributed by atoms with E-state index in [0.29, 0.717) is 25.4 Å². The maximum atomic E-state index is 13.6. The number of nitrogens with zero attached hydrogens (tertiary/aromatic N) is 3. The minimum Gasteiger partial charge on any atom is -0.488 e. The number of benzene rings is 1. The Morgan fingerprint density at radius 1 is 1.06 bits per heavy atom. The van der Waals surface area contributed by atoms with Crippen molar-refractivity contribution >= 4 is 12.0 Å². The Morgan fingerprint density at radius 3 is 2.66 bits per heavy atom. The predicted molar refractivity (Wildman–Crippen MR) is 121 cm³/mol. The highest BCUT2D eigenvalue weighted by Crippen LogP contribution is 2.33. The average Bonchev–Trinajstić information content (AvgIpc) is 2.97. The van der Waals surface area contributed by atoms with Gasteiger partial charge in [-0.1, -0.05) is 24.6 Å². The number of para-hydroxylation sites is 1. The van der Waals surface area contributed by atoms with E-state index in [2.05, 4.69) is 4.90 Å². The molecular formula is C25H35N3O4. The summed E-state index contributed by atoms with van der Waals surface area (Å²) in [4.78, 5) is 32.9. The van der Waals surface area contributed by atoms with Gasteiger partial charge >= 0.3 is 6.09 Å². The molecule has 0 unspecified atom stereocenters. The van der Waals surface area contributed by atoms with Crippen molar-refractivity contribution in [3.05, 3.63) is 29.8 Å². The van der Waals surface area contributed by atoms with E-state index < -0.39 is 17.7 Å². The third-order valence-corrected chi connectivity index (χ3v) is 7.46. The molecule has 3 heterocycles. The van der Waals surface area contributed by atoms with Crippen LogP contribution in [0.2, 0.25) is 0 Å². The number of carbonyl (C=O) groups is 2. The fourth-order valence-corrected chi connectivity index (χ4v) is 5.54. The molecule has 0 radical (unpaired) electrons. The van der Waals surface area contributed by atoms with Crippen LogP contribution in [0, 0.1) is 0 Å². The monoisotopic (exact) mass is 441 g/mol. The van der Waals surface area contributed by atoms with Crippen molar-refractivity contribution in [1.82, 2.24) is 14.7 Å². The second-order valence-corrected chi connectivity index (χ2v) is 10.4. The van der Waals surface area contributed by atoms with Crippen molar-refractivity contribution < 1.29 is 19.1 Å². The molecule has 2 amide bonds. The van der Waals surface area contributed by atoms with Crippen molar-refractivity contribution in [3.8, 4) is 5.75 Å². The van der Waals surface area contributed by atoms with Crippen LogP contribution in [-0.2, 0) is 16.0 Å². The first-order valence-electron chi connectivity index (χ1n) is 12.2. The summed E-state index contributed by atoms with van der Waals surface area (Å²) in [6, 6.07) is 8.11. The summed E-state index contributed by atoms with van der Waals surface area (Å²) in [5.41, 5.74) is 0.336. The second kappa shape index (κ2) is 8.58. The third-order valence-electron chi connectivity index (χ3n) is 7.46. The second-order valence-electron chi connectivity index (χ2n) is 10.4. The normalized spacial score (nSPS) is 28.8. The SMILES string of the molecule is CC1(C)Cc2ccccc2O[C@H]2C[C@H](C(=O)N3CCCN(C4CCC4)CC3)N(C2)C(=O)O1. The lowest BCUT2D eigenvalue weighted by molar-refractivity contribution is -0.135. The van der Waals surface area contributed by atoms with Gasteiger partial charge in [0.15, 0.2) is 0 Å². The molecule has 0 spiro atoms. The highest BCUT2D eigenvalue weighted by atomic mass is 16.6. The Bertz CT molecular complexity index is 868. The van der Waals surface area contributed by atoms with Crippen LogP contribution in [0.25, 0.3) is 0 Å². The molecule has 1 aromatic rings. The van der Waals surface area contributed by atoms with Crippen molar-refractivity contribution in [2.45, 2.75) is 76.2 Å². The zero-order valence-electron chi connectivity index (χ0n) is 19.3. The van der Waals surface area contributed by atoms with Gasteiger partial charge < -0.3 is 14.4 Å². The first-order valence-corrected chi connectivity index (χ1v) is 12.2. The molecule has 3 fully saturated rings. The predicted octanol–water partition coefficient (Wildman–Crippen LogP) is 3.07. The van der Waals surface area contributed by atoms with Gasteiger partial charge in [0.1, 0.15) is 23.5 Å². The Hall–Kier alpha value is -2.28. The minimum absolute atomic E-state index is 0.0360. The quantitative estimate of drug-likeness (QED) is 0.706. The number of rotatable bonds is 2. The van der Waals surface area contributed by atoms with Gasteiger partial charge in [0.05, 0.1) is 6.54 Å². The number of cyclic esters (lactones) is 1. The van der Waals surface area contributed by atoms with Gasteiger partial charge in [0.25, 0.3) is 0 Å². The first-order chi connectivity index (χ1) is 15.4. The molecule has 0 aromatic heterocycles. The molecule has 1 aliphatic carbocycles. The van der Waals surface area contributed by atoms with E-state index in [4.69, 9.17) is 9.47 Å². The number of amides is 2. The van der Waals surface area contributed by atoms with Gasteiger partial charge in [-0.2, -0.15) is 0 Å². The van der Waals surface area contributed by atoms with Gasteiger partial charge in [-0.25, -0.2) is 4.79 Å². The highest BCUT2D eigenvalue weighted by Gasteiger charge is 2.45. The molecule has 0 N–H and O–H groups in total. The summed E-state index contributed by atoms with van der Waals surface area (Å²) in [7, 11) is 0. The van der Waals surface area contributed by atoms with Gasteiger partial charge in [-0.05, 0) is 44.7 Å². The zero-order valence-corrected chi connectivity index (χ0v) is 19.3. The van der Waals surface area contributed by atoms with E-state index in [1.807, 2.05) is 43.0 Å². The molecule has 1 saturated carbocycles. The summed E-state index contributed by atoms with van der Waals surface area (Å²) in [6.45, 7) is 7.67. The summed E-state index contributed by atoms with van der Waals surface area (Å²) < 4.78 is 12.3. The lowest BCUT2D eigenvalue weighted by Crippen LogP contribution is -2.50. The molecule has 174 valence electrons. The Labute approximate surface area is 190 Å². The first kappa shape index (κ1) is 21.6. The Morgan fingerprint density at radius 2 is 1.88 bits per heavy atom. The van der Waals surface area contributed by atoms with E-state index in [1.165, 1.54) is 19.3 Å². The molecular weight excluding hydrogens is 406 g/mol. The van der Waals surface area contributed by atoms with Gasteiger partial charge in [-0.3, -0.25) is 14.6 Å². The number of hydrogen-bond acceptors (Lipinski definition) is 5. The van der Waals surface area contributed by atoms with Crippen molar-refractivity contribution in [1.29, 1.82) is 0 Å². The summed E-state index contributed by atoms with van der Waals surface area (Å²) in [5.74, 6) is 0.858. The number of carbonyl (C=O) groups excluding carboxylic acids is 2. The molecule has 32 heavy (non-hydrogen) atoms. The van der Waals surface area contributed by atoms with E-state index >= 15 is 0 Å². The maximum Gasteiger partial charge on any atom is 0.411 e. The number of ether oxygens (including phenoxy) is 2. The van der Waals surface area contributed by atoms with Crippen LogP contribution >= 0.6 is 0 Å². The number of hydrogen-bond donors (Lipinski definition) is 0. The molecule has 7 heteroatoms. The van der Waals surface area contributed by atoms with Crippen molar-refractivity contribution in [3.63, 3.8) is 0 Å². The molecule has 7 nitrogen and oxygen atoms in total. The topological polar surface area (TPSA) is 62.3 Å². The molecule has 2 saturated heterocycles. The summed E-state index contributed by atoms with van der Waals surface area (Å²) in [6.07, 6.45) is 5.33. The highest BCUT2D eigenvalue weighted by molar-refractivity contribution is 5.86. The average molecular weight is 442 g/mol. The largest absolute Gasteiger partial charge is 0.488 e. The lowest BCUT2D eigenvalue weighted by Gasteiger charge is -2.37. The molecule has 4 aliphatic rings. The lowest BCUT2D eigenvalue weighted by atomic mass is 9.91. The minimum atomic E-state index is -0.689. The van der Waals surface area contributed by atoms with E-state index in [9.17, 15) is 9.59 Å². The fourth-order valence-electron chi connectivity index (χ4n) is 5.54. The van der Waals surface area contributed by atoms with Crippen LogP contribution in [0.5, 0.6) is 5.75 Å². The van der Waals surface area contributed by atoms with E-state index in [0.717, 1.165) is 43.9 Å². The number of fused-ring (bicyclic) bond motifs is 3. The Balaban J connectivity index is 1.34. The van der Waals surface area contributed by atoms with Gasteiger partial charge in [-0.15, -0.1) is 0 Å². The molecule has 1 aromatic carbocycles. The molecule has 3 aliphatic heterocycles. The molecule has 2 bridgehead atoms. The summed E-state index contributed by atoms with van der Waals surface area (Å²) >= 11 is 0. The van der Waals surface area contributed by atoms with E-state index in [1.54, 1.807) is 4.90 Å². The van der Waals surface area contributed by atoms with Crippen LogP contribution in [-0.4, -0.2) is 83.2 Å². The standard InChI is InChI=1S/C25H35N3O4/c1-25(2)16-18-7-3-4-10-22(18)31-20-15-21(28(17-20)24(30)32-25)23(29)27-12-6-11-26(13-14-27)19-8-5-9-19/h3-4,7,10,19-21H,5-6,8-9,11-17H2,1-2H3/t20-,21+/m0/s1. The van der Waals surface area contributed by atoms with Crippen LogP contribution in [0.3, 0.4) is 0 Å². The third kappa shape index (κ3) is 4.32. The van der Waals surface area contributed by atoms with Crippen LogP contribution < -0.4 is 4.74 Å². The fraction of sp³-hybridized carbons (Fsp3) is 0.680. The van der Waals surface area contributed by atoms with Crippen LogP contribution in [0.1, 0.15) is 51.5 Å².